The summed E-state index contributed by atoms with van der Waals surface area (Å²) in [5.41, 5.74) is 12.9. The van der Waals surface area contributed by atoms with Gasteiger partial charge in [0.25, 0.3) is 11.8 Å². The Balaban J connectivity index is 1.71. The van der Waals surface area contributed by atoms with Gasteiger partial charge in [-0.25, -0.2) is 0 Å². The van der Waals surface area contributed by atoms with E-state index in [0.29, 0.717) is 22.7 Å². The number of methoxy groups -OCH3 is 2. The van der Waals surface area contributed by atoms with E-state index < -0.39 is 17.9 Å². The Hall–Kier alpha value is -4.71. The zero-order chi connectivity index (χ0) is 29.1. The van der Waals surface area contributed by atoms with Gasteiger partial charge >= 0.3 is 0 Å². The van der Waals surface area contributed by atoms with Crippen molar-refractivity contribution in [3.05, 3.63) is 70.9 Å². The minimum atomic E-state index is -1.12. The largest absolute Gasteiger partial charge is 0.493 e. The van der Waals surface area contributed by atoms with Crippen molar-refractivity contribution in [2.45, 2.75) is 37.8 Å². The number of hydrogen-bond donors (Lipinski definition) is 3. The van der Waals surface area contributed by atoms with E-state index in [1.807, 2.05) is 18.2 Å². The number of pyridine rings is 1. The van der Waals surface area contributed by atoms with E-state index in [1.54, 1.807) is 36.5 Å². The molecular weight excluding hydrogens is 544 g/mol. The second-order valence-corrected chi connectivity index (χ2v) is 10.5. The molecule has 0 aliphatic heterocycles. The van der Waals surface area contributed by atoms with Crippen molar-refractivity contribution in [1.82, 2.24) is 14.7 Å². The van der Waals surface area contributed by atoms with Crippen LogP contribution >= 0.6 is 11.5 Å². The lowest BCUT2D eigenvalue weighted by molar-refractivity contribution is -0.123. The van der Waals surface area contributed by atoms with Gasteiger partial charge in [0.2, 0.25) is 5.91 Å². The monoisotopic (exact) mass is 574 g/mol. The predicted octanol–water partition coefficient (Wildman–Crippen LogP) is 3.84. The molecule has 0 spiro atoms. The molecular formula is C29H30N6O5S. The van der Waals surface area contributed by atoms with Gasteiger partial charge in [-0.3, -0.25) is 24.3 Å². The number of aromatic nitrogens is 2. The maximum Gasteiger partial charge on any atom is 0.273 e. The summed E-state index contributed by atoms with van der Waals surface area (Å²) in [5.74, 6) is -1.04. The molecule has 11 nitrogen and oxygen atoms in total. The lowest BCUT2D eigenvalue weighted by atomic mass is 9.99. The Kier molecular flexibility index (Phi) is 8.02. The molecule has 212 valence electrons. The summed E-state index contributed by atoms with van der Waals surface area (Å²) in [6, 6.07) is 12.9. The van der Waals surface area contributed by atoms with Gasteiger partial charge in [-0.1, -0.05) is 25.0 Å². The van der Waals surface area contributed by atoms with Gasteiger partial charge in [0.05, 0.1) is 25.4 Å². The lowest BCUT2D eigenvalue weighted by Crippen LogP contribution is -2.46. The summed E-state index contributed by atoms with van der Waals surface area (Å²) in [5, 5.41) is 3.95. The molecule has 1 atom stereocenters. The van der Waals surface area contributed by atoms with Crippen molar-refractivity contribution in [2.24, 2.45) is 5.73 Å². The standard InChI is InChI=1S/C29H30N6O5S/c1-39-21-12-10-19(15-22(21)40-2)35(29(38)26-23(30)24(27(31)36)34-41-26)25(28(37)33-18-7-3-4-8-18)17-9-11-20-16(14-17)6-5-13-32-20/h5-6,9-15,18,25H,3-4,7-8,30H2,1-2H3,(H2,31,36)(H,33,37)/t25-/m0/s1. The van der Waals surface area contributed by atoms with Crippen molar-refractivity contribution >= 4 is 51.5 Å². The minimum absolute atomic E-state index is 0.00980. The number of carbonyl (C=O) groups is 3. The van der Waals surface area contributed by atoms with Crippen LogP contribution in [0.5, 0.6) is 11.5 Å². The van der Waals surface area contributed by atoms with E-state index in [1.165, 1.54) is 19.1 Å². The molecule has 0 bridgehead atoms. The van der Waals surface area contributed by atoms with Crippen molar-refractivity contribution in [1.29, 1.82) is 0 Å². The fraction of sp³-hybridized carbons (Fsp3) is 0.276. The molecule has 0 unspecified atom stereocenters. The molecule has 5 N–H and O–H groups in total. The third kappa shape index (κ3) is 5.50. The summed E-state index contributed by atoms with van der Waals surface area (Å²) < 4.78 is 14.9. The number of benzene rings is 2. The Morgan fingerprint density at radius 1 is 1.05 bits per heavy atom. The highest BCUT2D eigenvalue weighted by Gasteiger charge is 2.37. The van der Waals surface area contributed by atoms with Crippen molar-refractivity contribution in [3.63, 3.8) is 0 Å². The number of anilines is 2. The van der Waals surface area contributed by atoms with Crippen molar-refractivity contribution < 1.29 is 23.9 Å². The fourth-order valence-electron chi connectivity index (χ4n) is 5.13. The summed E-state index contributed by atoms with van der Waals surface area (Å²) in [6.45, 7) is 0. The topological polar surface area (TPSA) is 163 Å². The van der Waals surface area contributed by atoms with Crippen LogP contribution < -0.4 is 31.2 Å². The van der Waals surface area contributed by atoms with Crippen LogP contribution in [0.4, 0.5) is 11.4 Å². The molecule has 2 aromatic carbocycles. The van der Waals surface area contributed by atoms with Gasteiger partial charge in [-0.05, 0) is 60.3 Å². The molecule has 4 aromatic rings. The molecule has 41 heavy (non-hydrogen) atoms. The lowest BCUT2D eigenvalue weighted by Gasteiger charge is -2.32. The first-order chi connectivity index (χ1) is 19.8. The molecule has 0 radical (unpaired) electrons. The maximum atomic E-state index is 14.4. The van der Waals surface area contributed by atoms with Crippen LogP contribution in [0, 0.1) is 0 Å². The van der Waals surface area contributed by atoms with Crippen LogP contribution in [0.1, 0.15) is 57.4 Å². The zero-order valence-electron chi connectivity index (χ0n) is 22.6. The van der Waals surface area contributed by atoms with E-state index in [9.17, 15) is 14.4 Å². The third-order valence-corrected chi connectivity index (χ3v) is 8.02. The molecule has 1 aliphatic carbocycles. The molecule has 1 aliphatic rings. The number of primary amides is 1. The molecule has 2 aromatic heterocycles. The third-order valence-electron chi connectivity index (χ3n) is 7.17. The van der Waals surface area contributed by atoms with Crippen LogP contribution in [0.25, 0.3) is 10.9 Å². The average molecular weight is 575 g/mol. The SMILES string of the molecule is COc1ccc(N(C(=O)c2snc(C(N)=O)c2N)[C@H](C(=O)NC2CCCC2)c2ccc3ncccc3c2)cc1OC. The summed E-state index contributed by atoms with van der Waals surface area (Å²) in [6.07, 6.45) is 5.43. The van der Waals surface area contributed by atoms with Crippen molar-refractivity contribution in [3.8, 4) is 11.5 Å². The molecule has 12 heteroatoms. The number of fused-ring (bicyclic) bond motifs is 1. The Bertz CT molecular complexity index is 1620. The smallest absolute Gasteiger partial charge is 0.273 e. The van der Waals surface area contributed by atoms with E-state index in [0.717, 1.165) is 48.1 Å². The molecule has 1 saturated carbocycles. The number of nitrogens with two attached hydrogens (primary N) is 2. The number of amides is 3. The van der Waals surface area contributed by atoms with E-state index in [-0.39, 0.29) is 28.2 Å². The first-order valence-corrected chi connectivity index (χ1v) is 13.8. The van der Waals surface area contributed by atoms with Crippen molar-refractivity contribution in [2.75, 3.05) is 24.9 Å². The van der Waals surface area contributed by atoms with Gasteiger partial charge in [-0.2, -0.15) is 4.37 Å². The highest BCUT2D eigenvalue weighted by molar-refractivity contribution is 7.09. The maximum absolute atomic E-state index is 14.4. The number of ether oxygens (including phenoxy) is 2. The second-order valence-electron chi connectivity index (χ2n) is 9.70. The van der Waals surface area contributed by atoms with Crippen LogP contribution in [-0.4, -0.2) is 47.3 Å². The Morgan fingerprint density at radius 2 is 1.80 bits per heavy atom. The normalized spacial score (nSPS) is 14.0. The van der Waals surface area contributed by atoms with Crippen LogP contribution in [-0.2, 0) is 4.79 Å². The number of nitrogen functional groups attached to an aromatic ring is 1. The first kappa shape index (κ1) is 27.8. The minimum Gasteiger partial charge on any atom is -0.493 e. The molecule has 0 saturated heterocycles. The van der Waals surface area contributed by atoms with Gasteiger partial charge in [0, 0.05) is 29.4 Å². The van der Waals surface area contributed by atoms with Gasteiger partial charge in [-0.15, -0.1) is 0 Å². The predicted molar refractivity (Wildman–Crippen MR) is 156 cm³/mol. The van der Waals surface area contributed by atoms with Gasteiger partial charge < -0.3 is 26.3 Å². The Morgan fingerprint density at radius 3 is 2.49 bits per heavy atom. The van der Waals surface area contributed by atoms with Crippen LogP contribution in [0.15, 0.2) is 54.7 Å². The zero-order valence-corrected chi connectivity index (χ0v) is 23.4. The number of nitrogens with one attached hydrogen (secondary N) is 1. The quantitative estimate of drug-likeness (QED) is 0.272. The van der Waals surface area contributed by atoms with E-state index in [2.05, 4.69) is 14.7 Å². The van der Waals surface area contributed by atoms with Crippen LogP contribution in [0.3, 0.4) is 0 Å². The highest BCUT2D eigenvalue weighted by atomic mass is 32.1. The number of rotatable bonds is 9. The molecule has 2 heterocycles. The van der Waals surface area contributed by atoms with E-state index in [4.69, 9.17) is 20.9 Å². The highest BCUT2D eigenvalue weighted by Crippen LogP contribution is 2.38. The molecule has 1 fully saturated rings. The fourth-order valence-corrected chi connectivity index (χ4v) is 5.87. The summed E-state index contributed by atoms with van der Waals surface area (Å²) >= 11 is 0.748. The van der Waals surface area contributed by atoms with E-state index >= 15 is 0 Å². The first-order valence-electron chi connectivity index (χ1n) is 13.1. The Labute approximate surface area is 240 Å². The number of nitrogens with zero attached hydrogens (tertiary/aromatic N) is 3. The van der Waals surface area contributed by atoms with Gasteiger partial charge in [0.15, 0.2) is 17.2 Å². The summed E-state index contributed by atoms with van der Waals surface area (Å²) in [7, 11) is 2.99. The number of carbonyl (C=O) groups excluding carboxylic acids is 3. The van der Waals surface area contributed by atoms with Gasteiger partial charge in [0.1, 0.15) is 10.9 Å². The second kappa shape index (κ2) is 11.8. The average Bonchev–Trinajstić information content (AvgIpc) is 3.64. The molecule has 5 rings (SSSR count). The molecule has 3 amide bonds. The number of hydrogen-bond acceptors (Lipinski definition) is 9. The van der Waals surface area contributed by atoms with Crippen LogP contribution in [0.2, 0.25) is 0 Å². The summed E-state index contributed by atoms with van der Waals surface area (Å²) in [4.78, 5) is 46.2.